The number of aryl methyl sites for hydroxylation is 2. The van der Waals surface area contributed by atoms with E-state index in [-0.39, 0.29) is 0 Å². The lowest BCUT2D eigenvalue weighted by Gasteiger charge is -2.08. The zero-order chi connectivity index (χ0) is 10.9. The second-order valence-corrected chi connectivity index (χ2v) is 4.42. The number of halogens is 1. The highest BCUT2D eigenvalue weighted by Gasteiger charge is 2.09. The van der Waals surface area contributed by atoms with Crippen molar-refractivity contribution < 1.29 is 4.79 Å². The molecule has 0 saturated heterocycles. The van der Waals surface area contributed by atoms with Crippen LogP contribution in [0.2, 0.25) is 0 Å². The molecule has 0 radical (unpaired) electrons. The molecule has 2 nitrogen and oxygen atoms in total. The second kappa shape index (κ2) is 4.13. The van der Waals surface area contributed by atoms with Crippen LogP contribution in [0.3, 0.4) is 0 Å². The first kappa shape index (κ1) is 11.2. The van der Waals surface area contributed by atoms with E-state index in [9.17, 15) is 4.79 Å². The Morgan fingerprint density at radius 2 is 1.93 bits per heavy atom. The van der Waals surface area contributed by atoms with E-state index in [0.717, 1.165) is 16.7 Å². The Labute approximate surface area is 97.3 Å². The van der Waals surface area contributed by atoms with Crippen LogP contribution in [0.25, 0.3) is 5.57 Å². The maximum absolute atomic E-state index is 11.0. The number of primary amides is 1. The third-order valence-corrected chi connectivity index (χ3v) is 3.29. The minimum Gasteiger partial charge on any atom is -0.366 e. The van der Waals surface area contributed by atoms with Gasteiger partial charge in [-0.2, -0.15) is 0 Å². The highest BCUT2D eigenvalue weighted by atomic mass is 127. The first-order valence-corrected chi connectivity index (χ1v) is 5.27. The lowest BCUT2D eigenvalue weighted by Crippen LogP contribution is -2.13. The molecule has 0 aromatic heterocycles. The molecule has 1 aromatic carbocycles. The first-order valence-electron chi connectivity index (χ1n) is 4.19. The van der Waals surface area contributed by atoms with Crippen LogP contribution in [-0.2, 0) is 4.79 Å². The smallest absolute Gasteiger partial charge is 0.248 e. The molecule has 0 fully saturated rings. The number of carbonyl (C=O) groups excluding carboxylic acids is 1. The van der Waals surface area contributed by atoms with Crippen LogP contribution < -0.4 is 5.73 Å². The molecule has 0 spiro atoms. The molecule has 0 aliphatic heterocycles. The third kappa shape index (κ3) is 2.15. The third-order valence-electron chi connectivity index (χ3n) is 2.13. The van der Waals surface area contributed by atoms with Gasteiger partial charge in [-0.1, -0.05) is 6.58 Å². The Morgan fingerprint density at radius 3 is 2.43 bits per heavy atom. The zero-order valence-electron chi connectivity index (χ0n) is 8.23. The maximum Gasteiger partial charge on any atom is 0.248 e. The lowest BCUT2D eigenvalue weighted by atomic mass is 9.99. The van der Waals surface area contributed by atoms with E-state index in [2.05, 4.69) is 29.2 Å². The maximum atomic E-state index is 11.0. The summed E-state index contributed by atoms with van der Waals surface area (Å²) in [6.07, 6.45) is 0. The molecule has 1 aromatic rings. The Kier molecular flexibility index (Phi) is 3.31. The molecule has 1 amide bonds. The number of hydrogen-bond acceptors (Lipinski definition) is 1. The van der Waals surface area contributed by atoms with Crippen LogP contribution in [0.1, 0.15) is 16.7 Å². The van der Waals surface area contributed by atoms with Crippen LogP contribution in [0.15, 0.2) is 18.7 Å². The summed E-state index contributed by atoms with van der Waals surface area (Å²) in [5.74, 6) is -0.464. The quantitative estimate of drug-likeness (QED) is 0.661. The fraction of sp³-hybridized carbons (Fsp3) is 0.182. The van der Waals surface area contributed by atoms with Crippen molar-refractivity contribution >= 4 is 34.1 Å². The summed E-state index contributed by atoms with van der Waals surface area (Å²) < 4.78 is 1.18. The van der Waals surface area contributed by atoms with Gasteiger partial charge in [-0.05, 0) is 65.3 Å². The van der Waals surface area contributed by atoms with Gasteiger partial charge in [0.05, 0.1) is 0 Å². The van der Waals surface area contributed by atoms with E-state index in [4.69, 9.17) is 5.73 Å². The monoisotopic (exact) mass is 301 g/mol. The lowest BCUT2D eigenvalue weighted by molar-refractivity contribution is -0.112. The van der Waals surface area contributed by atoms with Crippen molar-refractivity contribution in [2.75, 3.05) is 0 Å². The van der Waals surface area contributed by atoms with Crippen LogP contribution in [0.4, 0.5) is 0 Å². The summed E-state index contributed by atoms with van der Waals surface area (Å²) in [6, 6.07) is 3.98. The minimum absolute atomic E-state index is 0.377. The predicted molar refractivity (Wildman–Crippen MR) is 66.9 cm³/mol. The van der Waals surface area contributed by atoms with E-state index in [1.54, 1.807) is 0 Å². The van der Waals surface area contributed by atoms with Crippen LogP contribution >= 0.6 is 22.6 Å². The van der Waals surface area contributed by atoms with E-state index < -0.39 is 5.91 Å². The predicted octanol–water partition coefficient (Wildman–Crippen LogP) is 2.41. The summed E-state index contributed by atoms with van der Waals surface area (Å²) in [4.78, 5) is 11.0. The van der Waals surface area contributed by atoms with Gasteiger partial charge in [0, 0.05) is 9.14 Å². The van der Waals surface area contributed by atoms with Gasteiger partial charge in [-0.3, -0.25) is 4.79 Å². The summed E-state index contributed by atoms with van der Waals surface area (Å²) in [6.45, 7) is 7.63. The Hall–Kier alpha value is -0.840. The molecular weight excluding hydrogens is 289 g/mol. The summed E-state index contributed by atoms with van der Waals surface area (Å²) in [5.41, 5.74) is 8.57. The highest BCUT2D eigenvalue weighted by Crippen LogP contribution is 2.22. The molecule has 2 N–H and O–H groups in total. The molecule has 0 saturated carbocycles. The summed E-state index contributed by atoms with van der Waals surface area (Å²) in [5, 5.41) is 0. The van der Waals surface area contributed by atoms with E-state index in [1.165, 1.54) is 3.57 Å². The van der Waals surface area contributed by atoms with Gasteiger partial charge in [-0.15, -0.1) is 0 Å². The van der Waals surface area contributed by atoms with Gasteiger partial charge in [0.2, 0.25) is 5.91 Å². The molecular formula is C11H12INO. The van der Waals surface area contributed by atoms with Crippen molar-refractivity contribution in [3.63, 3.8) is 0 Å². The zero-order valence-corrected chi connectivity index (χ0v) is 10.4. The largest absolute Gasteiger partial charge is 0.366 e. The van der Waals surface area contributed by atoms with Gasteiger partial charge < -0.3 is 5.73 Å². The molecule has 1 rings (SSSR count). The van der Waals surface area contributed by atoms with Gasteiger partial charge >= 0.3 is 0 Å². The number of benzene rings is 1. The standard InChI is InChI=1S/C11H12INO/c1-6-5-10(12)7(2)4-9(6)8(3)11(13)14/h4-5H,3H2,1-2H3,(H2,13,14). The van der Waals surface area contributed by atoms with Crippen LogP contribution in [0, 0.1) is 17.4 Å². The van der Waals surface area contributed by atoms with E-state index >= 15 is 0 Å². The van der Waals surface area contributed by atoms with Gasteiger partial charge in [-0.25, -0.2) is 0 Å². The number of rotatable bonds is 2. The molecule has 0 aliphatic rings. The number of hydrogen-bond donors (Lipinski definition) is 1. The first-order chi connectivity index (χ1) is 6.43. The number of carbonyl (C=O) groups is 1. The van der Waals surface area contributed by atoms with Crippen molar-refractivity contribution in [3.05, 3.63) is 39.0 Å². The van der Waals surface area contributed by atoms with Crippen LogP contribution in [0.5, 0.6) is 0 Å². The van der Waals surface area contributed by atoms with Gasteiger partial charge in [0.15, 0.2) is 0 Å². The van der Waals surface area contributed by atoms with Crippen molar-refractivity contribution in [2.24, 2.45) is 5.73 Å². The molecule has 0 atom stereocenters. The average Bonchev–Trinajstić information content (AvgIpc) is 2.10. The molecule has 74 valence electrons. The van der Waals surface area contributed by atoms with E-state index in [0.29, 0.717) is 5.57 Å². The molecule has 0 aliphatic carbocycles. The minimum atomic E-state index is -0.464. The van der Waals surface area contributed by atoms with Crippen molar-refractivity contribution in [2.45, 2.75) is 13.8 Å². The van der Waals surface area contributed by atoms with E-state index in [1.807, 2.05) is 26.0 Å². The number of nitrogens with two attached hydrogens (primary N) is 1. The highest BCUT2D eigenvalue weighted by molar-refractivity contribution is 14.1. The van der Waals surface area contributed by atoms with Crippen molar-refractivity contribution in [1.29, 1.82) is 0 Å². The molecule has 0 bridgehead atoms. The van der Waals surface area contributed by atoms with Crippen molar-refractivity contribution in [3.8, 4) is 0 Å². The van der Waals surface area contributed by atoms with Crippen LogP contribution in [-0.4, -0.2) is 5.91 Å². The molecule has 0 unspecified atom stereocenters. The van der Waals surface area contributed by atoms with Crippen molar-refractivity contribution in [1.82, 2.24) is 0 Å². The SMILES string of the molecule is C=C(C(N)=O)c1cc(C)c(I)cc1C. The Morgan fingerprint density at radius 1 is 1.36 bits per heavy atom. The van der Waals surface area contributed by atoms with Gasteiger partial charge in [0.25, 0.3) is 0 Å². The summed E-state index contributed by atoms with van der Waals surface area (Å²) >= 11 is 2.26. The second-order valence-electron chi connectivity index (χ2n) is 3.26. The molecule has 14 heavy (non-hydrogen) atoms. The molecule has 3 heteroatoms. The summed E-state index contributed by atoms with van der Waals surface area (Å²) in [7, 11) is 0. The normalized spacial score (nSPS) is 9.93. The fourth-order valence-corrected chi connectivity index (χ4v) is 1.86. The Balaban J connectivity index is 3.29. The molecule has 0 heterocycles. The average molecular weight is 301 g/mol. The van der Waals surface area contributed by atoms with Gasteiger partial charge in [0.1, 0.15) is 0 Å². The topological polar surface area (TPSA) is 43.1 Å². The fourth-order valence-electron chi connectivity index (χ4n) is 1.24. The number of amides is 1. The Bertz CT molecular complexity index is 410.